The van der Waals surface area contributed by atoms with Crippen LogP contribution in [0.25, 0.3) is 0 Å². The molecule has 0 nitrogen and oxygen atoms in total. The van der Waals surface area contributed by atoms with Crippen molar-refractivity contribution in [2.45, 2.75) is 0 Å². The summed E-state index contributed by atoms with van der Waals surface area (Å²) in [6.07, 6.45) is 0. The van der Waals surface area contributed by atoms with Crippen LogP contribution in [0.2, 0.25) is 0 Å². The Morgan fingerprint density at radius 2 is 1.00 bits per heavy atom. The van der Waals surface area contributed by atoms with Crippen molar-refractivity contribution in [2.24, 2.45) is 0 Å². The maximum absolute atomic E-state index is 0. The van der Waals surface area contributed by atoms with E-state index in [0.717, 1.165) is 0 Å². The summed E-state index contributed by atoms with van der Waals surface area (Å²) < 4.78 is 0. The van der Waals surface area contributed by atoms with Crippen LogP contribution in [0.3, 0.4) is 0 Å². The van der Waals surface area contributed by atoms with Gasteiger partial charge < -0.3 is 0 Å². The van der Waals surface area contributed by atoms with Gasteiger partial charge in [0.1, 0.15) is 0 Å². The van der Waals surface area contributed by atoms with Crippen molar-refractivity contribution in [3.8, 4) is 0 Å². The van der Waals surface area contributed by atoms with E-state index in [1.807, 2.05) is 0 Å². The van der Waals surface area contributed by atoms with Gasteiger partial charge in [-0.3, -0.25) is 0 Å². The maximum Gasteiger partial charge on any atom is 0.187 e. The van der Waals surface area contributed by atoms with Crippen LogP contribution in [0.5, 0.6) is 0 Å². The van der Waals surface area contributed by atoms with Gasteiger partial charge in [0.2, 0.25) is 0 Å². The molecule has 0 aliphatic heterocycles. The standard InChI is InChI=1S/Al.Au.Co.Ni.3H. The average molecular weight is 345 g/mol. The fourth-order valence-corrected chi connectivity index (χ4v) is 0. The molecular formula is H3AlAuCoNi. The first-order chi connectivity index (χ1) is 0. The summed E-state index contributed by atoms with van der Waals surface area (Å²) in [5, 5.41) is 0. The topological polar surface area (TPSA) is 0 Å². The Kier molecular flexibility index (Phi) is 157. The van der Waals surface area contributed by atoms with Crippen molar-refractivity contribution in [3.05, 3.63) is 0 Å². The van der Waals surface area contributed by atoms with Crippen LogP contribution in [0.1, 0.15) is 0 Å². The fourth-order valence-electron chi connectivity index (χ4n) is 0. The van der Waals surface area contributed by atoms with E-state index in [2.05, 4.69) is 0 Å². The molecule has 0 saturated heterocycles. The zero-order valence-electron chi connectivity index (χ0n) is 0.951. The van der Waals surface area contributed by atoms with E-state index in [1.54, 1.807) is 0 Å². The van der Waals surface area contributed by atoms with Gasteiger partial charge in [-0.25, -0.2) is 0 Å². The zero-order chi connectivity index (χ0) is 0. The van der Waals surface area contributed by atoms with Crippen LogP contribution in [-0.4, -0.2) is 17.4 Å². The van der Waals surface area contributed by atoms with Gasteiger partial charge >= 0.3 is 0 Å². The second-order valence-electron chi connectivity index (χ2n) is 0. The third kappa shape index (κ3) is 8.86. The molecule has 0 aromatic heterocycles. The van der Waals surface area contributed by atoms with Crippen LogP contribution >= 0.6 is 0 Å². The third-order valence-corrected chi connectivity index (χ3v) is 0. The predicted molar refractivity (Wildman–Crippen MR) is 9.94 cm³/mol. The van der Waals surface area contributed by atoms with Crippen molar-refractivity contribution in [3.63, 3.8) is 0 Å². The van der Waals surface area contributed by atoms with Gasteiger partial charge in [0, 0.05) is 55.7 Å². The molecule has 0 saturated carbocycles. The summed E-state index contributed by atoms with van der Waals surface area (Å²) in [7, 11) is 0. The van der Waals surface area contributed by atoms with Crippen LogP contribution in [-0.2, 0) is 55.7 Å². The van der Waals surface area contributed by atoms with Crippen molar-refractivity contribution >= 4 is 17.4 Å². The first-order valence-electron chi connectivity index (χ1n) is 0. The Bertz CT molecular complexity index is 8.00. The number of rotatable bonds is 0. The molecule has 0 rings (SSSR count). The number of hydrogen-bond acceptors (Lipinski definition) is 0. The molecule has 0 atom stereocenters. The first-order valence-corrected chi connectivity index (χ1v) is 0. The van der Waals surface area contributed by atoms with E-state index in [9.17, 15) is 0 Å². The summed E-state index contributed by atoms with van der Waals surface area (Å²) >= 11 is 0. The Morgan fingerprint density at radius 3 is 1.00 bits per heavy atom. The summed E-state index contributed by atoms with van der Waals surface area (Å²) in [4.78, 5) is 0. The van der Waals surface area contributed by atoms with Crippen molar-refractivity contribution in [1.82, 2.24) is 0 Å². The van der Waals surface area contributed by atoms with Crippen molar-refractivity contribution < 1.29 is 55.7 Å². The molecule has 0 bridgehead atoms. The normalized spacial score (nSPS) is 0. The molecule has 0 aliphatic carbocycles. The van der Waals surface area contributed by atoms with Crippen LogP contribution in [0.4, 0.5) is 0 Å². The monoisotopic (exact) mass is 344 g/mol. The van der Waals surface area contributed by atoms with Gasteiger partial charge in [-0.15, -0.1) is 0 Å². The molecule has 0 spiro atoms. The molecule has 0 aromatic carbocycles. The summed E-state index contributed by atoms with van der Waals surface area (Å²) in [5.74, 6) is 0. The minimum atomic E-state index is 0. The van der Waals surface area contributed by atoms with Gasteiger partial charge in [0.15, 0.2) is 17.4 Å². The second-order valence-corrected chi connectivity index (χ2v) is 0. The Balaban J connectivity index is 0. The van der Waals surface area contributed by atoms with Gasteiger partial charge in [0.25, 0.3) is 0 Å². The van der Waals surface area contributed by atoms with E-state index in [4.69, 9.17) is 0 Å². The van der Waals surface area contributed by atoms with Crippen LogP contribution < -0.4 is 0 Å². The molecule has 0 fully saturated rings. The van der Waals surface area contributed by atoms with Crippen LogP contribution in [0, 0.1) is 0 Å². The quantitative estimate of drug-likeness (QED) is 0.485. The second kappa shape index (κ2) is 18.6. The molecule has 2 radical (unpaired) electrons. The Labute approximate surface area is 72.2 Å². The molecule has 0 N–H and O–H groups in total. The average Bonchev–Trinajstić information content (AvgIpc) is 0. The molecule has 0 amide bonds. The Morgan fingerprint density at radius 1 is 1.00 bits per heavy atom. The van der Waals surface area contributed by atoms with E-state index in [0.29, 0.717) is 0 Å². The summed E-state index contributed by atoms with van der Waals surface area (Å²) in [6.45, 7) is 0. The van der Waals surface area contributed by atoms with Gasteiger partial charge in [-0.05, 0) is 0 Å². The molecular weight excluding hydrogens is 342 g/mol. The van der Waals surface area contributed by atoms with Gasteiger partial charge in [0.05, 0.1) is 0 Å². The predicted octanol–water partition coefficient (Wildman–Crippen LogP) is -1.19. The van der Waals surface area contributed by atoms with Crippen LogP contribution in [0.15, 0.2) is 0 Å². The minimum absolute atomic E-state index is 0. The zero-order valence-corrected chi connectivity index (χ0v) is 5.15. The van der Waals surface area contributed by atoms with Gasteiger partial charge in [-0.1, -0.05) is 0 Å². The van der Waals surface area contributed by atoms with Crippen molar-refractivity contribution in [2.75, 3.05) is 0 Å². The first kappa shape index (κ1) is 33.8. The van der Waals surface area contributed by atoms with Crippen molar-refractivity contribution in [1.29, 1.82) is 0 Å². The van der Waals surface area contributed by atoms with E-state index in [-0.39, 0.29) is 73.0 Å². The molecule has 0 heterocycles. The van der Waals surface area contributed by atoms with E-state index < -0.39 is 0 Å². The molecule has 0 aromatic rings. The van der Waals surface area contributed by atoms with E-state index in [1.165, 1.54) is 0 Å². The molecule has 36 valence electrons. The molecule has 4 heteroatoms. The third-order valence-electron chi connectivity index (χ3n) is 0. The maximum atomic E-state index is 0. The fraction of sp³-hybridized carbons (Fsp3) is 0. The number of hydrogen-bond donors (Lipinski definition) is 0. The Hall–Kier alpha value is 2.27. The minimum Gasteiger partial charge on any atom is 0 e. The molecule has 0 aliphatic rings. The van der Waals surface area contributed by atoms with Gasteiger partial charge in [-0.2, -0.15) is 0 Å². The smallest absolute Gasteiger partial charge is 0 e. The van der Waals surface area contributed by atoms with E-state index >= 15 is 0 Å². The summed E-state index contributed by atoms with van der Waals surface area (Å²) in [5.41, 5.74) is 0. The SMILES string of the molecule is [AlH3].[Au].[Co].[Ni]. The summed E-state index contributed by atoms with van der Waals surface area (Å²) in [6, 6.07) is 0. The molecule has 0 unspecified atom stereocenters. The largest absolute Gasteiger partial charge is 0.187 e. The molecule has 4 heavy (non-hydrogen) atoms.